The van der Waals surface area contributed by atoms with E-state index in [1.807, 2.05) is 32.4 Å². The highest BCUT2D eigenvalue weighted by Gasteiger charge is 2.50. The first-order valence-electron chi connectivity index (χ1n) is 14.5. The first kappa shape index (κ1) is 33.6. The van der Waals surface area contributed by atoms with E-state index in [0.29, 0.717) is 11.4 Å². The number of sulfonamides is 1. The van der Waals surface area contributed by atoms with Gasteiger partial charge in [0.2, 0.25) is 5.91 Å². The van der Waals surface area contributed by atoms with Crippen LogP contribution in [0.3, 0.4) is 0 Å². The number of hydrogen-bond donors (Lipinski definition) is 3. The number of carbonyl (C=O) groups excluding carboxylic acids is 3. The van der Waals surface area contributed by atoms with Gasteiger partial charge >= 0.3 is 0 Å². The SMILES string of the molecule is CC(C)[C@@H](NC(=O)c1cccc(C(=O)NS(=O)(=O)C2=NC(C)N(C)C2)c1)C(=O)N1CC[C@](O)(c2ccc(Cl)cc2)C(C)(C)C1. The van der Waals surface area contributed by atoms with Gasteiger partial charge in [0.15, 0.2) is 5.04 Å². The van der Waals surface area contributed by atoms with Gasteiger partial charge < -0.3 is 15.3 Å². The normalized spacial score (nSPS) is 22.8. The maximum Gasteiger partial charge on any atom is 0.278 e. The van der Waals surface area contributed by atoms with Crippen LogP contribution in [0.1, 0.15) is 67.3 Å². The van der Waals surface area contributed by atoms with E-state index in [2.05, 4.69) is 10.3 Å². The minimum absolute atomic E-state index is 0.0343. The van der Waals surface area contributed by atoms with Gasteiger partial charge in [-0.15, -0.1) is 0 Å². The van der Waals surface area contributed by atoms with Crippen LogP contribution in [0.4, 0.5) is 0 Å². The van der Waals surface area contributed by atoms with Crippen LogP contribution in [0.25, 0.3) is 0 Å². The maximum absolute atomic E-state index is 13.8. The number of aliphatic imine (C=N–C) groups is 1. The summed E-state index contributed by atoms with van der Waals surface area (Å²) >= 11 is 6.05. The Balaban J connectivity index is 1.46. The van der Waals surface area contributed by atoms with E-state index in [1.54, 1.807) is 48.0 Å². The molecule has 11 nitrogen and oxygen atoms in total. The van der Waals surface area contributed by atoms with Gasteiger partial charge in [-0.1, -0.05) is 57.5 Å². The summed E-state index contributed by atoms with van der Waals surface area (Å²) < 4.78 is 27.5. The number of benzene rings is 2. The van der Waals surface area contributed by atoms with Gasteiger partial charge in [0.25, 0.3) is 21.8 Å². The third-order valence-corrected chi connectivity index (χ3v) is 10.1. The molecule has 2 aliphatic rings. The zero-order valence-electron chi connectivity index (χ0n) is 25.8. The van der Waals surface area contributed by atoms with Gasteiger partial charge in [-0.3, -0.25) is 24.3 Å². The first-order chi connectivity index (χ1) is 20.4. The molecule has 1 fully saturated rings. The second-order valence-corrected chi connectivity index (χ2v) is 14.7. The lowest BCUT2D eigenvalue weighted by atomic mass is 9.66. The third kappa shape index (κ3) is 6.83. The van der Waals surface area contributed by atoms with Gasteiger partial charge in [-0.05, 0) is 62.2 Å². The fraction of sp³-hybridized carbons (Fsp3) is 0.484. The number of carbonyl (C=O) groups is 3. The molecule has 0 radical (unpaired) electrons. The van der Waals surface area contributed by atoms with Gasteiger partial charge in [-0.2, -0.15) is 8.42 Å². The molecule has 3 atom stereocenters. The Kier molecular flexibility index (Phi) is 9.60. The van der Waals surface area contributed by atoms with Crippen molar-refractivity contribution in [1.82, 2.24) is 19.8 Å². The number of likely N-dealkylation sites (tertiary alicyclic amines) is 1. The summed E-state index contributed by atoms with van der Waals surface area (Å²) in [5.74, 6) is -2.03. The molecule has 2 heterocycles. The fourth-order valence-corrected chi connectivity index (χ4v) is 6.87. The van der Waals surface area contributed by atoms with E-state index in [-0.39, 0.29) is 53.8 Å². The van der Waals surface area contributed by atoms with Crippen molar-refractivity contribution in [3.63, 3.8) is 0 Å². The van der Waals surface area contributed by atoms with Crippen molar-refractivity contribution in [3.05, 3.63) is 70.2 Å². The molecule has 3 N–H and O–H groups in total. The number of halogens is 1. The average Bonchev–Trinajstić information content (AvgIpc) is 3.31. The van der Waals surface area contributed by atoms with E-state index in [0.717, 1.165) is 5.56 Å². The van der Waals surface area contributed by atoms with E-state index >= 15 is 0 Å². The number of piperidine rings is 1. The van der Waals surface area contributed by atoms with E-state index in [4.69, 9.17) is 11.6 Å². The van der Waals surface area contributed by atoms with E-state index < -0.39 is 38.9 Å². The van der Waals surface area contributed by atoms with Crippen LogP contribution in [-0.4, -0.2) is 85.0 Å². The first-order valence-corrected chi connectivity index (χ1v) is 16.3. The van der Waals surface area contributed by atoms with Crippen LogP contribution in [-0.2, 0) is 20.4 Å². The molecular formula is C31H40ClN5O6S. The molecule has 1 unspecified atom stereocenters. The molecule has 2 aliphatic heterocycles. The molecule has 4 rings (SSSR count). The van der Waals surface area contributed by atoms with Gasteiger partial charge in [0.1, 0.15) is 12.2 Å². The van der Waals surface area contributed by atoms with Crippen molar-refractivity contribution in [3.8, 4) is 0 Å². The molecule has 238 valence electrons. The van der Waals surface area contributed by atoms with Crippen LogP contribution in [0.2, 0.25) is 5.02 Å². The average molecular weight is 646 g/mol. The van der Waals surface area contributed by atoms with Crippen molar-refractivity contribution in [2.24, 2.45) is 16.3 Å². The Morgan fingerprint density at radius 2 is 1.68 bits per heavy atom. The van der Waals surface area contributed by atoms with E-state index in [1.165, 1.54) is 24.3 Å². The zero-order valence-corrected chi connectivity index (χ0v) is 27.4. The number of aliphatic hydroxyl groups is 1. The standard InChI is InChI=1S/C31H40ClN5O6S/c1-19(2)26(29(40)37-15-14-31(41,30(4,5)18-37)23-10-12-24(32)13-11-23)34-27(38)21-8-7-9-22(16-21)28(39)35-44(42,43)25-17-36(6)20(3)33-25/h7-13,16,19-20,26,41H,14-15,17-18H2,1-6H3,(H,34,38)(H,35,39)/t20?,26-,31+/m1/s1. The summed E-state index contributed by atoms with van der Waals surface area (Å²) in [4.78, 5) is 47.4. The minimum atomic E-state index is -4.16. The predicted octanol–water partition coefficient (Wildman–Crippen LogP) is 2.99. The van der Waals surface area contributed by atoms with Crippen molar-refractivity contribution in [2.45, 2.75) is 58.8 Å². The molecular weight excluding hydrogens is 606 g/mol. The molecule has 2 aromatic carbocycles. The number of nitrogens with one attached hydrogen (secondary N) is 2. The van der Waals surface area contributed by atoms with Gasteiger partial charge in [0.05, 0.1) is 12.1 Å². The summed E-state index contributed by atoms with van der Waals surface area (Å²) in [6.45, 7) is 9.80. The summed E-state index contributed by atoms with van der Waals surface area (Å²) in [7, 11) is -2.44. The summed E-state index contributed by atoms with van der Waals surface area (Å²) in [5.41, 5.74) is -1.11. The molecule has 0 aliphatic carbocycles. The molecule has 0 aromatic heterocycles. The molecule has 44 heavy (non-hydrogen) atoms. The highest BCUT2D eigenvalue weighted by molar-refractivity contribution is 8.05. The minimum Gasteiger partial charge on any atom is -0.384 e. The molecule has 2 aromatic rings. The Labute approximate surface area is 263 Å². The smallest absolute Gasteiger partial charge is 0.278 e. The summed E-state index contributed by atoms with van der Waals surface area (Å²) in [5, 5.41) is 14.9. The topological polar surface area (TPSA) is 148 Å². The van der Waals surface area contributed by atoms with Crippen molar-refractivity contribution >= 4 is 44.4 Å². The molecule has 0 bridgehead atoms. The van der Waals surface area contributed by atoms with Gasteiger partial charge in [0, 0.05) is 34.7 Å². The Morgan fingerprint density at radius 3 is 2.23 bits per heavy atom. The lowest BCUT2D eigenvalue weighted by Crippen LogP contribution is -2.60. The molecule has 1 saturated heterocycles. The Bertz CT molecular complexity index is 1580. The van der Waals surface area contributed by atoms with Crippen LogP contribution >= 0.6 is 11.6 Å². The highest BCUT2D eigenvalue weighted by Crippen LogP contribution is 2.46. The highest BCUT2D eigenvalue weighted by atomic mass is 35.5. The van der Waals surface area contributed by atoms with Gasteiger partial charge in [-0.25, -0.2) is 4.72 Å². The lowest BCUT2D eigenvalue weighted by molar-refractivity contribution is -0.155. The Hall–Kier alpha value is -3.32. The second-order valence-electron chi connectivity index (χ2n) is 12.5. The summed E-state index contributed by atoms with van der Waals surface area (Å²) in [6, 6.07) is 11.8. The van der Waals surface area contributed by atoms with E-state index in [9.17, 15) is 27.9 Å². The molecule has 0 saturated carbocycles. The van der Waals surface area contributed by atoms with Crippen LogP contribution in [0, 0.1) is 11.3 Å². The molecule has 13 heteroatoms. The quantitative estimate of drug-likeness (QED) is 0.437. The number of nitrogens with zero attached hydrogens (tertiary/aromatic N) is 3. The second kappa shape index (κ2) is 12.6. The number of rotatable bonds is 6. The molecule has 3 amide bonds. The fourth-order valence-electron chi connectivity index (χ4n) is 5.59. The molecule has 0 spiro atoms. The van der Waals surface area contributed by atoms with Crippen molar-refractivity contribution in [2.75, 3.05) is 26.7 Å². The van der Waals surface area contributed by atoms with Crippen molar-refractivity contribution < 1.29 is 27.9 Å². The zero-order chi connectivity index (χ0) is 32.6. The number of amides is 3. The Morgan fingerprint density at radius 1 is 1.07 bits per heavy atom. The number of hydrogen-bond acceptors (Lipinski definition) is 8. The van der Waals surface area contributed by atoms with Crippen molar-refractivity contribution in [1.29, 1.82) is 0 Å². The van der Waals surface area contributed by atoms with Crippen LogP contribution < -0.4 is 10.0 Å². The largest absolute Gasteiger partial charge is 0.384 e. The predicted molar refractivity (Wildman–Crippen MR) is 169 cm³/mol. The summed E-state index contributed by atoms with van der Waals surface area (Å²) in [6.07, 6.45) is -0.0284. The maximum atomic E-state index is 13.8. The van der Waals surface area contributed by atoms with Crippen LogP contribution in [0.5, 0.6) is 0 Å². The third-order valence-electron chi connectivity index (χ3n) is 8.58. The monoisotopic (exact) mass is 645 g/mol. The van der Waals surface area contributed by atoms with Crippen LogP contribution in [0.15, 0.2) is 53.5 Å². The lowest BCUT2D eigenvalue weighted by Gasteiger charge is -2.51.